The van der Waals surface area contributed by atoms with Crippen LogP contribution in [-0.4, -0.2) is 15.0 Å². The summed E-state index contributed by atoms with van der Waals surface area (Å²) < 4.78 is 0. The van der Waals surface area contributed by atoms with Crippen LogP contribution in [0.1, 0.15) is 5.56 Å². The van der Waals surface area contributed by atoms with Crippen LogP contribution in [0.15, 0.2) is 40.9 Å². The lowest BCUT2D eigenvalue weighted by Crippen LogP contribution is -1.95. The van der Waals surface area contributed by atoms with E-state index in [0.717, 1.165) is 15.6 Å². The maximum atomic E-state index is 5.90. The molecular formula is C10H10N4S. The molecule has 0 saturated heterocycles. The van der Waals surface area contributed by atoms with Gasteiger partial charge in [0.25, 0.3) is 0 Å². The zero-order valence-corrected chi connectivity index (χ0v) is 9.03. The van der Waals surface area contributed by atoms with Gasteiger partial charge in [0.05, 0.1) is 5.69 Å². The second kappa shape index (κ2) is 4.27. The molecule has 0 spiro atoms. The molecule has 2 aromatic heterocycles. The number of aryl methyl sites for hydroxylation is 1. The van der Waals surface area contributed by atoms with Crippen LogP contribution in [-0.2, 0) is 0 Å². The molecule has 2 N–H and O–H groups in total. The monoisotopic (exact) mass is 218 g/mol. The van der Waals surface area contributed by atoms with Gasteiger partial charge < -0.3 is 5.73 Å². The van der Waals surface area contributed by atoms with Crippen LogP contribution in [0.4, 0.5) is 5.69 Å². The highest BCUT2D eigenvalue weighted by Gasteiger charge is 2.05. The van der Waals surface area contributed by atoms with Gasteiger partial charge in [-0.15, -0.1) is 0 Å². The summed E-state index contributed by atoms with van der Waals surface area (Å²) in [6.45, 7) is 1.96. The molecule has 0 aliphatic heterocycles. The minimum atomic E-state index is 0.709. The van der Waals surface area contributed by atoms with E-state index in [9.17, 15) is 0 Å². The Morgan fingerprint density at radius 3 is 2.80 bits per heavy atom. The number of hydrogen-bond acceptors (Lipinski definition) is 5. The van der Waals surface area contributed by atoms with Crippen molar-refractivity contribution in [2.75, 3.05) is 5.73 Å². The van der Waals surface area contributed by atoms with Crippen LogP contribution in [0.5, 0.6) is 0 Å². The fourth-order valence-corrected chi connectivity index (χ4v) is 1.88. The number of pyridine rings is 1. The smallest absolute Gasteiger partial charge is 0.125 e. The van der Waals surface area contributed by atoms with Crippen LogP contribution >= 0.6 is 11.8 Å². The Morgan fingerprint density at radius 2 is 2.07 bits per heavy atom. The average Bonchev–Trinajstić information content (AvgIpc) is 2.26. The zero-order valence-electron chi connectivity index (χ0n) is 8.21. The van der Waals surface area contributed by atoms with Crippen LogP contribution in [0, 0.1) is 6.92 Å². The zero-order chi connectivity index (χ0) is 10.7. The standard InChI is InChI=1S/C10H10N4S/c1-7-2-5-13-10(9(7)11)15-8-3-4-12-6-14-8/h2-6H,11H2,1H3. The van der Waals surface area contributed by atoms with E-state index in [2.05, 4.69) is 15.0 Å². The van der Waals surface area contributed by atoms with Crippen LogP contribution in [0.2, 0.25) is 0 Å². The largest absolute Gasteiger partial charge is 0.396 e. The summed E-state index contributed by atoms with van der Waals surface area (Å²) in [5, 5.41) is 1.63. The summed E-state index contributed by atoms with van der Waals surface area (Å²) in [5.41, 5.74) is 7.64. The van der Waals surface area contributed by atoms with Crippen LogP contribution in [0.3, 0.4) is 0 Å². The number of nitrogens with zero attached hydrogens (tertiary/aromatic N) is 3. The summed E-state index contributed by atoms with van der Waals surface area (Å²) in [5.74, 6) is 0. The minimum Gasteiger partial charge on any atom is -0.396 e. The second-order valence-electron chi connectivity index (χ2n) is 3.00. The summed E-state index contributed by atoms with van der Waals surface area (Å²) in [6, 6.07) is 3.72. The van der Waals surface area contributed by atoms with Crippen molar-refractivity contribution in [1.29, 1.82) is 0 Å². The Morgan fingerprint density at radius 1 is 1.20 bits per heavy atom. The highest BCUT2D eigenvalue weighted by atomic mass is 32.2. The fourth-order valence-electron chi connectivity index (χ4n) is 1.06. The van der Waals surface area contributed by atoms with Crippen molar-refractivity contribution in [3.8, 4) is 0 Å². The lowest BCUT2D eigenvalue weighted by molar-refractivity contribution is 1.04. The van der Waals surface area contributed by atoms with E-state index in [1.54, 1.807) is 12.4 Å². The average molecular weight is 218 g/mol. The number of aromatic nitrogens is 3. The summed E-state index contributed by atoms with van der Waals surface area (Å²) in [6.07, 6.45) is 4.95. The number of anilines is 1. The Bertz CT molecular complexity index is 458. The van der Waals surface area contributed by atoms with Crippen LogP contribution in [0.25, 0.3) is 0 Å². The van der Waals surface area contributed by atoms with Gasteiger partial charge in [0, 0.05) is 12.4 Å². The maximum absolute atomic E-state index is 5.90. The van der Waals surface area contributed by atoms with Crippen molar-refractivity contribution in [1.82, 2.24) is 15.0 Å². The molecule has 5 heteroatoms. The first-order chi connectivity index (χ1) is 7.27. The molecule has 0 unspecified atom stereocenters. The molecule has 0 radical (unpaired) electrons. The third-order valence-electron chi connectivity index (χ3n) is 1.93. The Kier molecular flexibility index (Phi) is 2.82. The molecule has 4 nitrogen and oxygen atoms in total. The van der Waals surface area contributed by atoms with E-state index in [1.807, 2.05) is 19.1 Å². The van der Waals surface area contributed by atoms with Gasteiger partial charge in [0.15, 0.2) is 0 Å². The van der Waals surface area contributed by atoms with Gasteiger partial charge >= 0.3 is 0 Å². The van der Waals surface area contributed by atoms with Gasteiger partial charge in [-0.3, -0.25) is 0 Å². The van der Waals surface area contributed by atoms with Crippen molar-refractivity contribution < 1.29 is 0 Å². The number of rotatable bonds is 2. The van der Waals surface area contributed by atoms with Crippen molar-refractivity contribution in [2.45, 2.75) is 17.0 Å². The van der Waals surface area contributed by atoms with Gasteiger partial charge in [0.2, 0.25) is 0 Å². The predicted molar refractivity (Wildman–Crippen MR) is 59.5 cm³/mol. The molecule has 0 saturated carbocycles. The van der Waals surface area contributed by atoms with E-state index in [0.29, 0.717) is 5.69 Å². The Labute approximate surface area is 92.0 Å². The molecule has 0 bridgehead atoms. The lowest BCUT2D eigenvalue weighted by Gasteiger charge is -2.05. The highest BCUT2D eigenvalue weighted by molar-refractivity contribution is 7.99. The van der Waals surface area contributed by atoms with Crippen molar-refractivity contribution in [2.24, 2.45) is 0 Å². The van der Waals surface area contributed by atoms with E-state index in [-0.39, 0.29) is 0 Å². The quantitative estimate of drug-likeness (QED) is 0.780. The van der Waals surface area contributed by atoms with Gasteiger partial charge in [-0.2, -0.15) is 0 Å². The molecule has 2 rings (SSSR count). The first-order valence-electron chi connectivity index (χ1n) is 4.42. The highest BCUT2D eigenvalue weighted by Crippen LogP contribution is 2.29. The van der Waals surface area contributed by atoms with Crippen molar-refractivity contribution in [3.63, 3.8) is 0 Å². The predicted octanol–water partition coefficient (Wildman–Crippen LogP) is 1.91. The molecule has 0 aliphatic carbocycles. The molecule has 0 aliphatic rings. The fraction of sp³-hybridized carbons (Fsp3) is 0.100. The van der Waals surface area contributed by atoms with Crippen LogP contribution < -0.4 is 5.73 Å². The molecule has 0 aromatic carbocycles. The van der Waals surface area contributed by atoms with E-state index in [1.165, 1.54) is 18.1 Å². The maximum Gasteiger partial charge on any atom is 0.125 e. The third kappa shape index (κ3) is 2.24. The van der Waals surface area contributed by atoms with Crippen molar-refractivity contribution in [3.05, 3.63) is 36.4 Å². The normalized spacial score (nSPS) is 10.2. The topological polar surface area (TPSA) is 64.7 Å². The minimum absolute atomic E-state index is 0.709. The summed E-state index contributed by atoms with van der Waals surface area (Å²) in [4.78, 5) is 12.2. The van der Waals surface area contributed by atoms with Gasteiger partial charge in [-0.25, -0.2) is 15.0 Å². The molecule has 0 amide bonds. The van der Waals surface area contributed by atoms with Crippen molar-refractivity contribution >= 4 is 17.4 Å². The van der Waals surface area contributed by atoms with E-state index >= 15 is 0 Å². The Balaban J connectivity index is 2.29. The van der Waals surface area contributed by atoms with E-state index < -0.39 is 0 Å². The Hall–Kier alpha value is -1.62. The van der Waals surface area contributed by atoms with E-state index in [4.69, 9.17) is 5.73 Å². The SMILES string of the molecule is Cc1ccnc(Sc2ccncn2)c1N. The molecule has 15 heavy (non-hydrogen) atoms. The molecular weight excluding hydrogens is 208 g/mol. The third-order valence-corrected chi connectivity index (χ3v) is 2.90. The number of nitrogens with two attached hydrogens (primary N) is 1. The number of nitrogen functional groups attached to an aromatic ring is 1. The van der Waals surface area contributed by atoms with Gasteiger partial charge in [0.1, 0.15) is 16.4 Å². The molecule has 2 aromatic rings. The summed E-state index contributed by atoms with van der Waals surface area (Å²) >= 11 is 1.44. The molecule has 0 atom stereocenters. The first-order valence-corrected chi connectivity index (χ1v) is 5.24. The molecule has 2 heterocycles. The lowest BCUT2D eigenvalue weighted by atomic mass is 10.3. The first kappa shape index (κ1) is 9.92. The van der Waals surface area contributed by atoms with Gasteiger partial charge in [-0.1, -0.05) is 0 Å². The summed E-state index contributed by atoms with van der Waals surface area (Å²) in [7, 11) is 0. The molecule has 76 valence electrons. The number of hydrogen-bond donors (Lipinski definition) is 1. The van der Waals surface area contributed by atoms with Gasteiger partial charge in [-0.05, 0) is 36.4 Å². The molecule has 0 fully saturated rings. The second-order valence-corrected chi connectivity index (χ2v) is 4.01.